The largest absolute Gasteiger partial charge is 0.396 e. The van der Waals surface area contributed by atoms with E-state index in [2.05, 4.69) is 15.9 Å². The number of hydrogen-bond acceptors (Lipinski definition) is 2. The number of nitrogen functional groups attached to an aromatic ring is 1. The maximum atomic E-state index is 11.0. The van der Waals surface area contributed by atoms with Crippen molar-refractivity contribution in [2.75, 3.05) is 5.73 Å². The van der Waals surface area contributed by atoms with Crippen LogP contribution in [0.2, 0.25) is 0 Å². The summed E-state index contributed by atoms with van der Waals surface area (Å²) in [6.07, 6.45) is 0. The molecule has 2 nitrogen and oxygen atoms in total. The first kappa shape index (κ1) is 7.28. The minimum atomic E-state index is -0.162. The molecule has 0 amide bonds. The first-order valence-corrected chi connectivity index (χ1v) is 3.55. The molecular formula is C7H6BrNO. The van der Waals surface area contributed by atoms with Crippen molar-refractivity contribution in [2.24, 2.45) is 0 Å². The van der Waals surface area contributed by atoms with E-state index >= 15 is 0 Å². The lowest BCUT2D eigenvalue weighted by Gasteiger charge is -1.80. The zero-order valence-electron chi connectivity index (χ0n) is 5.17. The van der Waals surface area contributed by atoms with Crippen molar-refractivity contribution in [2.45, 2.75) is 0 Å². The van der Waals surface area contributed by atoms with Gasteiger partial charge in [0.15, 0.2) is 0 Å². The van der Waals surface area contributed by atoms with Crippen LogP contribution in [0.3, 0.4) is 0 Å². The van der Waals surface area contributed by atoms with Crippen molar-refractivity contribution in [3.63, 3.8) is 0 Å². The zero-order valence-corrected chi connectivity index (χ0v) is 6.76. The highest BCUT2D eigenvalue weighted by molar-refractivity contribution is 9.10. The smallest absolute Gasteiger partial charge is 0.215 e. The molecule has 0 bridgehead atoms. The van der Waals surface area contributed by atoms with Crippen LogP contribution < -0.4 is 11.2 Å². The number of rotatable bonds is 0. The monoisotopic (exact) mass is 199 g/mol. The lowest BCUT2D eigenvalue weighted by atomic mass is 10.4. The highest BCUT2D eigenvalue weighted by Crippen LogP contribution is 2.02. The van der Waals surface area contributed by atoms with Gasteiger partial charge in [0.05, 0.1) is 10.2 Å². The molecule has 0 aliphatic rings. The summed E-state index contributed by atoms with van der Waals surface area (Å²) in [5, 5.41) is 0. The van der Waals surface area contributed by atoms with Gasteiger partial charge in [-0.25, -0.2) is 0 Å². The summed E-state index contributed by atoms with van der Waals surface area (Å²) in [6, 6.07) is 6.72. The van der Waals surface area contributed by atoms with E-state index in [4.69, 9.17) is 5.73 Å². The Hall–Kier alpha value is -0.830. The van der Waals surface area contributed by atoms with Gasteiger partial charge in [-0.3, -0.25) is 4.79 Å². The molecule has 0 radical (unpaired) electrons. The fourth-order valence-electron chi connectivity index (χ4n) is 0.589. The SMILES string of the molecule is Nc1ccccc(Br)c1=O. The predicted octanol–water partition coefficient (Wildman–Crippen LogP) is 1.39. The molecule has 1 rings (SSSR count). The predicted molar refractivity (Wildman–Crippen MR) is 44.8 cm³/mol. The average molecular weight is 200 g/mol. The van der Waals surface area contributed by atoms with Crippen LogP contribution in [-0.2, 0) is 0 Å². The molecule has 0 heterocycles. The molecule has 1 aromatic rings. The second kappa shape index (κ2) is 2.84. The summed E-state index contributed by atoms with van der Waals surface area (Å²) in [7, 11) is 0. The van der Waals surface area contributed by atoms with Gasteiger partial charge in [0.25, 0.3) is 0 Å². The number of anilines is 1. The number of hydrogen-bond donors (Lipinski definition) is 1. The summed E-state index contributed by atoms with van der Waals surface area (Å²) in [6.45, 7) is 0. The molecule has 0 unspecified atom stereocenters. The van der Waals surface area contributed by atoms with Crippen LogP contribution in [0.25, 0.3) is 0 Å². The Labute approximate surface area is 66.8 Å². The van der Waals surface area contributed by atoms with E-state index in [0.717, 1.165) is 0 Å². The quantitative estimate of drug-likeness (QED) is 0.687. The average Bonchev–Trinajstić information content (AvgIpc) is 2.04. The van der Waals surface area contributed by atoms with Gasteiger partial charge in [-0.15, -0.1) is 0 Å². The lowest BCUT2D eigenvalue weighted by molar-refractivity contribution is 1.60. The van der Waals surface area contributed by atoms with Crippen LogP contribution in [-0.4, -0.2) is 0 Å². The van der Waals surface area contributed by atoms with Crippen molar-refractivity contribution >= 4 is 21.6 Å². The molecule has 0 saturated carbocycles. The van der Waals surface area contributed by atoms with E-state index in [1.54, 1.807) is 24.3 Å². The van der Waals surface area contributed by atoms with Crippen LogP contribution in [0.4, 0.5) is 5.69 Å². The van der Waals surface area contributed by atoms with Crippen molar-refractivity contribution in [1.82, 2.24) is 0 Å². The standard InChI is InChI=1S/C7H6BrNO/c8-5-3-1-2-4-6(9)7(5)10/h1-4H,(H2,9,10). The zero-order chi connectivity index (χ0) is 7.56. The molecule has 0 spiro atoms. The van der Waals surface area contributed by atoms with Crippen LogP contribution in [0, 0.1) is 0 Å². The van der Waals surface area contributed by atoms with E-state index in [-0.39, 0.29) is 11.1 Å². The first-order valence-electron chi connectivity index (χ1n) is 2.76. The molecule has 0 aliphatic carbocycles. The third-order valence-corrected chi connectivity index (χ3v) is 1.73. The Morgan fingerprint density at radius 1 is 1.30 bits per heavy atom. The Kier molecular flexibility index (Phi) is 2.06. The molecule has 52 valence electrons. The van der Waals surface area contributed by atoms with Crippen LogP contribution in [0.5, 0.6) is 0 Å². The van der Waals surface area contributed by atoms with Crippen LogP contribution in [0.15, 0.2) is 33.5 Å². The van der Waals surface area contributed by atoms with Gasteiger partial charge in [-0.05, 0) is 28.1 Å². The molecule has 10 heavy (non-hydrogen) atoms. The summed E-state index contributed by atoms with van der Waals surface area (Å²) in [4.78, 5) is 11.0. The fourth-order valence-corrected chi connectivity index (χ4v) is 0.970. The third kappa shape index (κ3) is 1.36. The Bertz CT molecular complexity index is 270. The molecule has 0 fully saturated rings. The van der Waals surface area contributed by atoms with E-state index < -0.39 is 0 Å². The van der Waals surface area contributed by atoms with Crippen LogP contribution >= 0.6 is 15.9 Å². The van der Waals surface area contributed by atoms with Gasteiger partial charge in [0, 0.05) is 0 Å². The molecular weight excluding hydrogens is 194 g/mol. The van der Waals surface area contributed by atoms with Gasteiger partial charge in [-0.2, -0.15) is 0 Å². The van der Waals surface area contributed by atoms with E-state index in [0.29, 0.717) is 4.47 Å². The second-order valence-electron chi connectivity index (χ2n) is 1.85. The van der Waals surface area contributed by atoms with Crippen molar-refractivity contribution < 1.29 is 0 Å². The van der Waals surface area contributed by atoms with E-state index in [1.165, 1.54) is 0 Å². The molecule has 0 aliphatic heterocycles. The Morgan fingerprint density at radius 2 is 1.90 bits per heavy atom. The molecule has 3 heteroatoms. The number of halogens is 1. The van der Waals surface area contributed by atoms with Crippen molar-refractivity contribution in [1.29, 1.82) is 0 Å². The van der Waals surface area contributed by atoms with Gasteiger partial charge in [0.2, 0.25) is 5.43 Å². The van der Waals surface area contributed by atoms with Gasteiger partial charge in [-0.1, -0.05) is 12.1 Å². The Morgan fingerprint density at radius 3 is 2.60 bits per heavy atom. The highest BCUT2D eigenvalue weighted by Gasteiger charge is 1.93. The molecule has 1 aromatic carbocycles. The molecule has 0 aromatic heterocycles. The van der Waals surface area contributed by atoms with E-state index in [9.17, 15) is 4.79 Å². The fraction of sp³-hybridized carbons (Fsp3) is 0. The topological polar surface area (TPSA) is 43.1 Å². The minimum absolute atomic E-state index is 0.162. The van der Waals surface area contributed by atoms with Gasteiger partial charge in [0.1, 0.15) is 0 Å². The van der Waals surface area contributed by atoms with E-state index in [1.807, 2.05) is 0 Å². The van der Waals surface area contributed by atoms with Gasteiger partial charge >= 0.3 is 0 Å². The maximum Gasteiger partial charge on any atom is 0.215 e. The molecule has 0 saturated heterocycles. The lowest BCUT2D eigenvalue weighted by Crippen LogP contribution is -2.04. The Balaban J connectivity index is 3.53. The molecule has 2 N–H and O–H groups in total. The van der Waals surface area contributed by atoms with Crippen molar-refractivity contribution in [3.8, 4) is 0 Å². The summed E-state index contributed by atoms with van der Waals surface area (Å²) in [5.41, 5.74) is 5.46. The summed E-state index contributed by atoms with van der Waals surface area (Å²) < 4.78 is 0.495. The molecule has 0 atom stereocenters. The third-order valence-electron chi connectivity index (χ3n) is 1.11. The highest BCUT2D eigenvalue weighted by atomic mass is 79.9. The normalized spacial score (nSPS) is 9.30. The second-order valence-corrected chi connectivity index (χ2v) is 2.70. The van der Waals surface area contributed by atoms with Gasteiger partial charge < -0.3 is 5.73 Å². The summed E-state index contributed by atoms with van der Waals surface area (Å²) in [5.74, 6) is 0. The van der Waals surface area contributed by atoms with Crippen molar-refractivity contribution in [3.05, 3.63) is 39.0 Å². The maximum absolute atomic E-state index is 11.0. The minimum Gasteiger partial charge on any atom is -0.396 e. The van der Waals surface area contributed by atoms with Crippen LogP contribution in [0.1, 0.15) is 0 Å². The number of nitrogens with two attached hydrogens (primary N) is 1. The first-order chi connectivity index (χ1) is 4.72. The summed E-state index contributed by atoms with van der Waals surface area (Å²) >= 11 is 3.08.